The highest BCUT2D eigenvalue weighted by molar-refractivity contribution is 7.89. The van der Waals surface area contributed by atoms with Gasteiger partial charge in [-0.15, -0.1) is 0 Å². The van der Waals surface area contributed by atoms with Crippen molar-refractivity contribution in [3.63, 3.8) is 0 Å². The van der Waals surface area contributed by atoms with Crippen molar-refractivity contribution in [3.8, 4) is 5.75 Å². The van der Waals surface area contributed by atoms with Gasteiger partial charge in [-0.3, -0.25) is 4.79 Å². The maximum absolute atomic E-state index is 12.4. The van der Waals surface area contributed by atoms with Crippen molar-refractivity contribution < 1.29 is 17.9 Å². The minimum atomic E-state index is -3.63. The Morgan fingerprint density at radius 3 is 2.40 bits per heavy atom. The van der Waals surface area contributed by atoms with E-state index in [9.17, 15) is 13.2 Å². The summed E-state index contributed by atoms with van der Waals surface area (Å²) in [4.78, 5) is 13.7. The summed E-state index contributed by atoms with van der Waals surface area (Å²) in [6.07, 6.45) is 0. The van der Waals surface area contributed by atoms with Crippen LogP contribution in [-0.2, 0) is 14.8 Å². The molecule has 2 rings (SSSR count). The van der Waals surface area contributed by atoms with Gasteiger partial charge in [-0.25, -0.2) is 13.1 Å². The van der Waals surface area contributed by atoms with Crippen LogP contribution in [0.5, 0.6) is 5.75 Å². The van der Waals surface area contributed by atoms with E-state index in [2.05, 4.69) is 4.72 Å². The second kappa shape index (κ2) is 8.13. The minimum Gasteiger partial charge on any atom is -0.495 e. The average Bonchev–Trinajstić information content (AvgIpc) is 2.58. The van der Waals surface area contributed by atoms with Gasteiger partial charge in [0.1, 0.15) is 5.75 Å². The number of ether oxygens (including phenoxy) is 1. The molecule has 0 aliphatic rings. The molecule has 1 N–H and O–H groups in total. The van der Waals surface area contributed by atoms with Crippen molar-refractivity contribution in [2.75, 3.05) is 25.1 Å². The van der Waals surface area contributed by atoms with Crippen LogP contribution in [0.2, 0.25) is 0 Å². The second-order valence-electron chi connectivity index (χ2n) is 5.51. The average molecular weight is 362 g/mol. The first-order valence-corrected chi connectivity index (χ1v) is 9.31. The molecular weight excluding hydrogens is 340 g/mol. The van der Waals surface area contributed by atoms with E-state index in [1.54, 1.807) is 49.4 Å². The minimum absolute atomic E-state index is 0.0916. The first kappa shape index (κ1) is 19.0. The van der Waals surface area contributed by atoms with Crippen LogP contribution in [0.3, 0.4) is 0 Å². The summed E-state index contributed by atoms with van der Waals surface area (Å²) < 4.78 is 32.7. The van der Waals surface area contributed by atoms with E-state index in [1.807, 2.05) is 6.07 Å². The van der Waals surface area contributed by atoms with Gasteiger partial charge >= 0.3 is 0 Å². The van der Waals surface area contributed by atoms with Crippen molar-refractivity contribution >= 4 is 21.6 Å². The fourth-order valence-electron chi connectivity index (χ4n) is 2.53. The Bertz CT molecular complexity index is 850. The number of hydrogen-bond donors (Lipinski definition) is 1. The maximum Gasteiger partial charge on any atom is 0.240 e. The Labute approximate surface area is 148 Å². The molecule has 0 heterocycles. The van der Waals surface area contributed by atoms with E-state index in [0.29, 0.717) is 17.0 Å². The van der Waals surface area contributed by atoms with Crippen LogP contribution in [0.25, 0.3) is 0 Å². The Hall–Kier alpha value is -2.38. The number of carbonyl (C=O) groups excluding carboxylic acids is 1. The molecule has 1 amide bonds. The molecule has 0 bridgehead atoms. The predicted octanol–water partition coefficient (Wildman–Crippen LogP) is 2.34. The van der Waals surface area contributed by atoms with E-state index in [-0.39, 0.29) is 23.9 Å². The normalized spacial score (nSPS) is 11.2. The predicted molar refractivity (Wildman–Crippen MR) is 97.4 cm³/mol. The van der Waals surface area contributed by atoms with Crippen LogP contribution in [-0.4, -0.2) is 34.5 Å². The molecule has 0 atom stereocenters. The van der Waals surface area contributed by atoms with E-state index in [4.69, 9.17) is 4.74 Å². The summed E-state index contributed by atoms with van der Waals surface area (Å²) in [6, 6.07) is 13.9. The number of carbonyl (C=O) groups is 1. The van der Waals surface area contributed by atoms with Gasteiger partial charge in [-0.1, -0.05) is 30.3 Å². The standard InChI is InChI=1S/C18H22N2O4S/c1-14-8-4-7-11-18(14)25(22,23)19-12-13-20(15(2)21)16-9-5-6-10-17(16)24-3/h4-11,19H,12-13H2,1-3H3. The highest BCUT2D eigenvalue weighted by atomic mass is 32.2. The van der Waals surface area contributed by atoms with Gasteiger partial charge in [0.2, 0.25) is 15.9 Å². The lowest BCUT2D eigenvalue weighted by Gasteiger charge is -2.23. The topological polar surface area (TPSA) is 75.7 Å². The third kappa shape index (κ3) is 4.58. The molecule has 0 aliphatic carbocycles. The molecule has 2 aromatic carbocycles. The van der Waals surface area contributed by atoms with E-state index < -0.39 is 10.0 Å². The molecule has 2 aromatic rings. The fourth-order valence-corrected chi connectivity index (χ4v) is 3.79. The van der Waals surface area contributed by atoms with Crippen molar-refractivity contribution in [2.45, 2.75) is 18.7 Å². The van der Waals surface area contributed by atoms with Gasteiger partial charge in [0.25, 0.3) is 0 Å². The summed E-state index contributed by atoms with van der Waals surface area (Å²) in [5, 5.41) is 0. The van der Waals surface area contributed by atoms with E-state index in [1.165, 1.54) is 18.9 Å². The Morgan fingerprint density at radius 1 is 1.12 bits per heavy atom. The fraction of sp³-hybridized carbons (Fsp3) is 0.278. The number of anilines is 1. The first-order valence-electron chi connectivity index (χ1n) is 7.83. The van der Waals surface area contributed by atoms with Gasteiger partial charge < -0.3 is 9.64 Å². The smallest absolute Gasteiger partial charge is 0.240 e. The highest BCUT2D eigenvalue weighted by Crippen LogP contribution is 2.27. The lowest BCUT2D eigenvalue weighted by molar-refractivity contribution is -0.116. The van der Waals surface area contributed by atoms with Crippen molar-refractivity contribution in [2.24, 2.45) is 0 Å². The zero-order chi connectivity index (χ0) is 18.4. The Balaban J connectivity index is 2.13. The number of nitrogens with zero attached hydrogens (tertiary/aromatic N) is 1. The number of rotatable bonds is 7. The molecule has 0 fully saturated rings. The summed E-state index contributed by atoms with van der Waals surface area (Å²) in [5.41, 5.74) is 1.27. The molecule has 0 radical (unpaired) electrons. The number of para-hydroxylation sites is 2. The molecular formula is C18H22N2O4S. The monoisotopic (exact) mass is 362 g/mol. The van der Waals surface area contributed by atoms with Crippen LogP contribution in [0.1, 0.15) is 12.5 Å². The second-order valence-corrected chi connectivity index (χ2v) is 7.24. The zero-order valence-electron chi connectivity index (χ0n) is 14.5. The van der Waals surface area contributed by atoms with Crippen LogP contribution in [0.15, 0.2) is 53.4 Å². The maximum atomic E-state index is 12.4. The summed E-state index contributed by atoms with van der Waals surface area (Å²) in [5.74, 6) is 0.360. The van der Waals surface area contributed by atoms with Crippen LogP contribution >= 0.6 is 0 Å². The van der Waals surface area contributed by atoms with Gasteiger partial charge in [0, 0.05) is 20.0 Å². The number of methoxy groups -OCH3 is 1. The zero-order valence-corrected chi connectivity index (χ0v) is 15.3. The third-order valence-electron chi connectivity index (χ3n) is 3.77. The largest absolute Gasteiger partial charge is 0.495 e. The molecule has 0 aromatic heterocycles. The van der Waals surface area contributed by atoms with E-state index >= 15 is 0 Å². The molecule has 6 nitrogen and oxygen atoms in total. The quantitative estimate of drug-likeness (QED) is 0.820. The number of sulfonamides is 1. The molecule has 0 spiro atoms. The number of hydrogen-bond acceptors (Lipinski definition) is 4. The SMILES string of the molecule is COc1ccccc1N(CCNS(=O)(=O)c1ccccc1C)C(C)=O. The third-order valence-corrected chi connectivity index (χ3v) is 5.39. The van der Waals surface area contributed by atoms with Gasteiger partial charge in [-0.05, 0) is 30.7 Å². The summed E-state index contributed by atoms with van der Waals surface area (Å²) >= 11 is 0. The Morgan fingerprint density at radius 2 is 1.76 bits per heavy atom. The molecule has 0 unspecified atom stereocenters. The molecule has 0 aliphatic heterocycles. The van der Waals surface area contributed by atoms with Crippen LogP contribution in [0.4, 0.5) is 5.69 Å². The van der Waals surface area contributed by atoms with Crippen LogP contribution in [0, 0.1) is 6.92 Å². The first-order chi connectivity index (χ1) is 11.9. The van der Waals surface area contributed by atoms with Gasteiger partial charge in [-0.2, -0.15) is 0 Å². The molecule has 134 valence electrons. The van der Waals surface area contributed by atoms with E-state index in [0.717, 1.165) is 0 Å². The van der Waals surface area contributed by atoms with Crippen molar-refractivity contribution in [1.29, 1.82) is 0 Å². The van der Waals surface area contributed by atoms with Crippen LogP contribution < -0.4 is 14.4 Å². The molecule has 0 saturated carbocycles. The number of aryl methyl sites for hydroxylation is 1. The highest BCUT2D eigenvalue weighted by Gasteiger charge is 2.19. The van der Waals surface area contributed by atoms with Crippen molar-refractivity contribution in [3.05, 3.63) is 54.1 Å². The lowest BCUT2D eigenvalue weighted by Crippen LogP contribution is -2.37. The molecule has 25 heavy (non-hydrogen) atoms. The number of nitrogens with one attached hydrogen (secondary N) is 1. The summed E-state index contributed by atoms with van der Waals surface area (Å²) in [6.45, 7) is 3.46. The van der Waals surface area contributed by atoms with Crippen molar-refractivity contribution in [1.82, 2.24) is 4.72 Å². The summed E-state index contributed by atoms with van der Waals surface area (Å²) in [7, 11) is -2.10. The number of amides is 1. The lowest BCUT2D eigenvalue weighted by atomic mass is 10.2. The van der Waals surface area contributed by atoms with Gasteiger partial charge in [0.15, 0.2) is 0 Å². The molecule has 7 heteroatoms. The van der Waals surface area contributed by atoms with Gasteiger partial charge in [0.05, 0.1) is 17.7 Å². The molecule has 0 saturated heterocycles. The number of benzene rings is 2. The Kier molecular flexibility index (Phi) is 6.17.